The van der Waals surface area contributed by atoms with Crippen molar-refractivity contribution in [3.05, 3.63) is 17.6 Å². The van der Waals surface area contributed by atoms with E-state index in [4.69, 9.17) is 0 Å². The van der Waals surface area contributed by atoms with E-state index in [9.17, 15) is 13.2 Å². The zero-order valence-electron chi connectivity index (χ0n) is 12.1. The Morgan fingerprint density at radius 1 is 1.20 bits per heavy atom. The van der Waals surface area contributed by atoms with E-state index in [2.05, 4.69) is 20.0 Å². The van der Waals surface area contributed by atoms with Crippen LogP contribution in [0, 0.1) is 0 Å². The number of anilines is 1. The van der Waals surface area contributed by atoms with Gasteiger partial charge in [0.2, 0.25) is 0 Å². The second-order valence-electron chi connectivity index (χ2n) is 5.47. The van der Waals surface area contributed by atoms with Crippen LogP contribution in [-0.4, -0.2) is 36.4 Å². The standard InChI is InChI=1S/C13H20F3N3O/c1-12(2,3)9-7-11(17-4)19-10(18-9)5-6-20-8-13(14,15)16/h7H,5-6,8H2,1-4H3,(H,17,18,19). The van der Waals surface area contributed by atoms with Gasteiger partial charge in [0.25, 0.3) is 0 Å². The van der Waals surface area contributed by atoms with Crippen molar-refractivity contribution < 1.29 is 17.9 Å². The lowest BCUT2D eigenvalue weighted by atomic mass is 9.92. The molecular formula is C13H20F3N3O. The molecule has 0 radical (unpaired) electrons. The van der Waals surface area contributed by atoms with Gasteiger partial charge < -0.3 is 10.1 Å². The van der Waals surface area contributed by atoms with Gasteiger partial charge in [-0.25, -0.2) is 9.97 Å². The van der Waals surface area contributed by atoms with Gasteiger partial charge in [0, 0.05) is 24.9 Å². The minimum atomic E-state index is -4.30. The lowest BCUT2D eigenvalue weighted by molar-refractivity contribution is -0.173. The van der Waals surface area contributed by atoms with Gasteiger partial charge in [-0.15, -0.1) is 0 Å². The number of hydrogen-bond acceptors (Lipinski definition) is 4. The van der Waals surface area contributed by atoms with Crippen LogP contribution in [0.25, 0.3) is 0 Å². The molecule has 0 aliphatic heterocycles. The summed E-state index contributed by atoms with van der Waals surface area (Å²) in [5.74, 6) is 1.12. The molecule has 0 saturated heterocycles. The topological polar surface area (TPSA) is 47.0 Å². The molecule has 114 valence electrons. The second kappa shape index (κ2) is 6.39. The van der Waals surface area contributed by atoms with Crippen molar-refractivity contribution in [2.24, 2.45) is 0 Å². The number of aromatic nitrogens is 2. The first kappa shape index (κ1) is 16.7. The lowest BCUT2D eigenvalue weighted by Crippen LogP contribution is -2.19. The molecule has 1 heterocycles. The first-order valence-electron chi connectivity index (χ1n) is 6.32. The third-order valence-electron chi connectivity index (χ3n) is 2.53. The molecule has 1 N–H and O–H groups in total. The molecular weight excluding hydrogens is 271 g/mol. The smallest absolute Gasteiger partial charge is 0.373 e. The Hall–Kier alpha value is -1.37. The number of rotatable bonds is 5. The first-order valence-corrected chi connectivity index (χ1v) is 6.32. The van der Waals surface area contributed by atoms with E-state index in [0.29, 0.717) is 11.6 Å². The van der Waals surface area contributed by atoms with E-state index in [1.165, 1.54) is 0 Å². The van der Waals surface area contributed by atoms with Gasteiger partial charge in [0.1, 0.15) is 18.2 Å². The largest absolute Gasteiger partial charge is 0.411 e. The Labute approximate surface area is 116 Å². The summed E-state index contributed by atoms with van der Waals surface area (Å²) in [5, 5.41) is 2.92. The van der Waals surface area contributed by atoms with Crippen LogP contribution in [0.3, 0.4) is 0 Å². The molecule has 4 nitrogen and oxygen atoms in total. The monoisotopic (exact) mass is 291 g/mol. The van der Waals surface area contributed by atoms with Crippen molar-refractivity contribution >= 4 is 5.82 Å². The normalized spacial score (nSPS) is 12.6. The summed E-state index contributed by atoms with van der Waals surface area (Å²) in [5.41, 5.74) is 0.679. The van der Waals surface area contributed by atoms with Gasteiger partial charge in [-0.1, -0.05) is 20.8 Å². The highest BCUT2D eigenvalue weighted by molar-refractivity contribution is 5.37. The Kier molecular flexibility index (Phi) is 5.33. The predicted molar refractivity (Wildman–Crippen MR) is 70.9 cm³/mol. The summed E-state index contributed by atoms with van der Waals surface area (Å²) in [4.78, 5) is 8.59. The maximum Gasteiger partial charge on any atom is 0.411 e. The molecule has 0 atom stereocenters. The highest BCUT2D eigenvalue weighted by Crippen LogP contribution is 2.22. The molecule has 0 amide bonds. The number of nitrogens with zero attached hydrogens (tertiary/aromatic N) is 2. The van der Waals surface area contributed by atoms with Gasteiger partial charge >= 0.3 is 6.18 Å². The molecule has 1 rings (SSSR count). The Morgan fingerprint density at radius 2 is 1.85 bits per heavy atom. The fourth-order valence-electron chi connectivity index (χ4n) is 1.47. The number of halogens is 3. The fourth-order valence-corrected chi connectivity index (χ4v) is 1.47. The molecule has 7 heteroatoms. The van der Waals surface area contributed by atoms with Crippen molar-refractivity contribution in [3.63, 3.8) is 0 Å². The third kappa shape index (κ3) is 5.73. The predicted octanol–water partition coefficient (Wildman–Crippen LogP) is 2.94. The minimum Gasteiger partial charge on any atom is -0.373 e. The molecule has 20 heavy (non-hydrogen) atoms. The van der Waals surface area contributed by atoms with Gasteiger partial charge in [0.05, 0.1) is 12.3 Å². The van der Waals surface area contributed by atoms with Gasteiger partial charge in [-0.2, -0.15) is 13.2 Å². The summed E-state index contributed by atoms with van der Waals surface area (Å²) < 4.78 is 40.4. The molecule has 0 saturated carbocycles. The van der Waals surface area contributed by atoms with E-state index in [0.717, 1.165) is 5.69 Å². The van der Waals surface area contributed by atoms with Crippen LogP contribution in [0.5, 0.6) is 0 Å². The average Bonchev–Trinajstić information content (AvgIpc) is 2.32. The van der Waals surface area contributed by atoms with E-state index < -0.39 is 12.8 Å². The fraction of sp³-hybridized carbons (Fsp3) is 0.692. The lowest BCUT2D eigenvalue weighted by Gasteiger charge is -2.19. The highest BCUT2D eigenvalue weighted by Gasteiger charge is 2.27. The quantitative estimate of drug-likeness (QED) is 0.847. The molecule has 0 unspecified atom stereocenters. The van der Waals surface area contributed by atoms with Crippen LogP contribution in [-0.2, 0) is 16.6 Å². The maximum atomic E-state index is 12.0. The molecule has 0 fully saturated rings. The summed E-state index contributed by atoms with van der Waals surface area (Å²) >= 11 is 0. The van der Waals surface area contributed by atoms with Gasteiger partial charge in [-0.3, -0.25) is 0 Å². The van der Waals surface area contributed by atoms with Crippen molar-refractivity contribution in [3.8, 4) is 0 Å². The summed E-state index contributed by atoms with van der Waals surface area (Å²) in [6.07, 6.45) is -4.06. The Morgan fingerprint density at radius 3 is 2.35 bits per heavy atom. The maximum absolute atomic E-state index is 12.0. The Balaban J connectivity index is 2.70. The summed E-state index contributed by atoms with van der Waals surface area (Å²) in [6.45, 7) is 4.73. The van der Waals surface area contributed by atoms with Crippen LogP contribution >= 0.6 is 0 Å². The van der Waals surface area contributed by atoms with E-state index in [-0.39, 0.29) is 18.4 Å². The zero-order chi connectivity index (χ0) is 15.4. The molecule has 0 bridgehead atoms. The van der Waals surface area contributed by atoms with Gasteiger partial charge in [-0.05, 0) is 0 Å². The summed E-state index contributed by atoms with van der Waals surface area (Å²) in [7, 11) is 1.73. The number of alkyl halides is 3. The van der Waals surface area contributed by atoms with Gasteiger partial charge in [0.15, 0.2) is 0 Å². The van der Waals surface area contributed by atoms with Crippen LogP contribution in [0.15, 0.2) is 6.07 Å². The molecule has 1 aromatic rings. The van der Waals surface area contributed by atoms with Crippen molar-refractivity contribution in [1.29, 1.82) is 0 Å². The van der Waals surface area contributed by atoms with Crippen molar-refractivity contribution in [1.82, 2.24) is 9.97 Å². The van der Waals surface area contributed by atoms with Crippen LogP contribution in [0.1, 0.15) is 32.3 Å². The van der Waals surface area contributed by atoms with E-state index in [1.807, 2.05) is 26.8 Å². The Bertz CT molecular complexity index is 441. The highest BCUT2D eigenvalue weighted by atomic mass is 19.4. The second-order valence-corrected chi connectivity index (χ2v) is 5.47. The SMILES string of the molecule is CNc1cc(C(C)(C)C)nc(CCOCC(F)(F)F)n1. The van der Waals surface area contributed by atoms with Crippen LogP contribution < -0.4 is 5.32 Å². The molecule has 0 aliphatic carbocycles. The summed E-state index contributed by atoms with van der Waals surface area (Å²) in [6, 6.07) is 1.83. The van der Waals surface area contributed by atoms with E-state index >= 15 is 0 Å². The first-order chi connectivity index (χ1) is 9.12. The van der Waals surface area contributed by atoms with E-state index in [1.54, 1.807) is 7.05 Å². The van der Waals surface area contributed by atoms with Crippen molar-refractivity contribution in [2.75, 3.05) is 25.6 Å². The van der Waals surface area contributed by atoms with Crippen molar-refractivity contribution in [2.45, 2.75) is 38.8 Å². The number of nitrogens with one attached hydrogen (secondary N) is 1. The molecule has 0 aliphatic rings. The molecule has 0 spiro atoms. The van der Waals surface area contributed by atoms with Crippen LogP contribution in [0.2, 0.25) is 0 Å². The van der Waals surface area contributed by atoms with Crippen LogP contribution in [0.4, 0.5) is 19.0 Å². The number of hydrogen-bond donors (Lipinski definition) is 1. The number of ether oxygens (including phenoxy) is 1. The zero-order valence-corrected chi connectivity index (χ0v) is 12.1. The third-order valence-corrected chi connectivity index (χ3v) is 2.53. The molecule has 1 aromatic heterocycles. The molecule has 0 aromatic carbocycles. The average molecular weight is 291 g/mol. The minimum absolute atomic E-state index is 0.0593.